The number of hydrogen-bond acceptors (Lipinski definition) is 4. The monoisotopic (exact) mass is 216 g/mol. The largest absolute Gasteiger partial charge is 0.447 e. The highest BCUT2D eigenvalue weighted by Gasteiger charge is 2.24. The number of aliphatic hydroxyl groups is 1. The number of rotatable bonds is 4. The average molecular weight is 216 g/mol. The van der Waals surface area contributed by atoms with Gasteiger partial charge in [-0.05, 0) is 32.9 Å². The van der Waals surface area contributed by atoms with E-state index in [1.807, 2.05) is 6.92 Å². The van der Waals surface area contributed by atoms with Crippen LogP contribution in [0.4, 0.5) is 4.79 Å². The molecule has 0 radical (unpaired) electrons. The Labute approximate surface area is 90.4 Å². The van der Waals surface area contributed by atoms with E-state index in [-0.39, 0.29) is 25.3 Å². The van der Waals surface area contributed by atoms with E-state index in [1.165, 1.54) is 0 Å². The highest BCUT2D eigenvalue weighted by molar-refractivity contribution is 5.68. The molecule has 0 aromatic carbocycles. The molecule has 5 heteroatoms. The maximum absolute atomic E-state index is 11.6. The third-order valence-electron chi connectivity index (χ3n) is 2.64. The molecular formula is C10H20N2O3. The zero-order valence-electron chi connectivity index (χ0n) is 9.24. The molecule has 1 heterocycles. The molecule has 15 heavy (non-hydrogen) atoms. The minimum atomic E-state index is -0.307. The Morgan fingerprint density at radius 3 is 2.73 bits per heavy atom. The fourth-order valence-corrected chi connectivity index (χ4v) is 1.87. The van der Waals surface area contributed by atoms with Crippen molar-refractivity contribution in [3.05, 3.63) is 0 Å². The van der Waals surface area contributed by atoms with E-state index in [1.54, 1.807) is 4.90 Å². The average Bonchev–Trinajstić information content (AvgIpc) is 2.29. The summed E-state index contributed by atoms with van der Waals surface area (Å²) < 4.78 is 4.91. The lowest BCUT2D eigenvalue weighted by Gasteiger charge is -2.32. The van der Waals surface area contributed by atoms with Crippen molar-refractivity contribution < 1.29 is 14.6 Å². The molecule has 2 N–H and O–H groups in total. The Morgan fingerprint density at radius 2 is 2.20 bits per heavy atom. The van der Waals surface area contributed by atoms with Crippen molar-refractivity contribution in [3.63, 3.8) is 0 Å². The topological polar surface area (TPSA) is 61.8 Å². The van der Waals surface area contributed by atoms with Crippen LogP contribution in [0.2, 0.25) is 0 Å². The Morgan fingerprint density at radius 1 is 1.53 bits per heavy atom. The summed E-state index contributed by atoms with van der Waals surface area (Å²) in [5.74, 6) is 0. The van der Waals surface area contributed by atoms with Gasteiger partial charge in [0.1, 0.15) is 6.61 Å². The van der Waals surface area contributed by atoms with Crippen LogP contribution in [0, 0.1) is 0 Å². The summed E-state index contributed by atoms with van der Waals surface area (Å²) in [5.41, 5.74) is 0. The Hall–Kier alpha value is -0.810. The molecule has 1 rings (SSSR count). The molecule has 1 aliphatic heterocycles. The quantitative estimate of drug-likeness (QED) is 0.704. The van der Waals surface area contributed by atoms with Gasteiger partial charge in [-0.3, -0.25) is 0 Å². The first-order chi connectivity index (χ1) is 7.29. The number of carbonyl (C=O) groups is 1. The van der Waals surface area contributed by atoms with Crippen molar-refractivity contribution in [3.8, 4) is 0 Å². The van der Waals surface area contributed by atoms with Crippen LogP contribution in [0.5, 0.6) is 0 Å². The molecule has 1 fully saturated rings. The van der Waals surface area contributed by atoms with Crippen LogP contribution in [-0.4, -0.2) is 55.0 Å². The van der Waals surface area contributed by atoms with E-state index in [0.717, 1.165) is 25.9 Å². The van der Waals surface area contributed by atoms with Crippen LogP contribution in [-0.2, 0) is 4.74 Å². The molecule has 0 aromatic rings. The smallest absolute Gasteiger partial charge is 0.410 e. The number of aliphatic hydroxyl groups excluding tert-OH is 1. The van der Waals surface area contributed by atoms with E-state index in [0.29, 0.717) is 6.54 Å². The van der Waals surface area contributed by atoms with Gasteiger partial charge in [0, 0.05) is 12.6 Å². The third-order valence-corrected chi connectivity index (χ3v) is 2.64. The number of piperidine rings is 1. The van der Waals surface area contributed by atoms with Gasteiger partial charge >= 0.3 is 6.09 Å². The third kappa shape index (κ3) is 3.68. The van der Waals surface area contributed by atoms with Crippen LogP contribution >= 0.6 is 0 Å². The molecule has 0 spiro atoms. The number of ether oxygens (including phenoxy) is 1. The molecule has 1 amide bonds. The second kappa shape index (κ2) is 6.63. The molecule has 0 aliphatic carbocycles. The van der Waals surface area contributed by atoms with Crippen LogP contribution in [0.15, 0.2) is 0 Å². The summed E-state index contributed by atoms with van der Waals surface area (Å²) in [4.78, 5) is 13.4. The van der Waals surface area contributed by atoms with Gasteiger partial charge in [0.15, 0.2) is 0 Å². The zero-order chi connectivity index (χ0) is 11.1. The highest BCUT2D eigenvalue weighted by Crippen LogP contribution is 2.12. The first kappa shape index (κ1) is 12.3. The lowest BCUT2D eigenvalue weighted by Crippen LogP contribution is -2.46. The van der Waals surface area contributed by atoms with Gasteiger partial charge in [-0.25, -0.2) is 4.79 Å². The van der Waals surface area contributed by atoms with Gasteiger partial charge in [-0.2, -0.15) is 0 Å². The second-order valence-corrected chi connectivity index (χ2v) is 3.61. The van der Waals surface area contributed by atoms with E-state index in [4.69, 9.17) is 9.84 Å². The van der Waals surface area contributed by atoms with Crippen LogP contribution in [0.3, 0.4) is 0 Å². The van der Waals surface area contributed by atoms with Gasteiger partial charge < -0.3 is 20.1 Å². The Kier molecular flexibility index (Phi) is 5.42. The predicted molar refractivity (Wildman–Crippen MR) is 56.7 cm³/mol. The first-order valence-corrected chi connectivity index (χ1v) is 5.54. The number of carbonyl (C=O) groups excluding carboxylic acids is 1. The van der Waals surface area contributed by atoms with E-state index in [9.17, 15) is 4.79 Å². The minimum Gasteiger partial charge on any atom is -0.447 e. The summed E-state index contributed by atoms with van der Waals surface area (Å²) in [6.07, 6.45) is 1.64. The maximum Gasteiger partial charge on any atom is 0.410 e. The van der Waals surface area contributed by atoms with Gasteiger partial charge in [-0.15, -0.1) is 0 Å². The summed E-state index contributed by atoms with van der Waals surface area (Å²) in [6.45, 7) is 4.48. The second-order valence-electron chi connectivity index (χ2n) is 3.61. The van der Waals surface area contributed by atoms with Crippen molar-refractivity contribution in [1.82, 2.24) is 10.2 Å². The van der Waals surface area contributed by atoms with E-state index >= 15 is 0 Å². The molecule has 0 atom stereocenters. The lowest BCUT2D eigenvalue weighted by atomic mass is 10.1. The van der Waals surface area contributed by atoms with Crippen molar-refractivity contribution in [2.75, 3.05) is 32.8 Å². The van der Waals surface area contributed by atoms with Crippen molar-refractivity contribution in [2.45, 2.75) is 25.8 Å². The highest BCUT2D eigenvalue weighted by atomic mass is 16.6. The molecular weight excluding hydrogens is 196 g/mol. The van der Waals surface area contributed by atoms with Gasteiger partial charge in [0.2, 0.25) is 0 Å². The fourth-order valence-electron chi connectivity index (χ4n) is 1.87. The molecule has 1 saturated heterocycles. The van der Waals surface area contributed by atoms with Gasteiger partial charge in [0.05, 0.1) is 6.61 Å². The van der Waals surface area contributed by atoms with Crippen LogP contribution in [0.25, 0.3) is 0 Å². The minimum absolute atomic E-state index is 0.0836. The van der Waals surface area contributed by atoms with Crippen molar-refractivity contribution in [2.24, 2.45) is 0 Å². The lowest BCUT2D eigenvalue weighted by molar-refractivity contribution is 0.0673. The summed E-state index contributed by atoms with van der Waals surface area (Å²) in [5, 5.41) is 11.8. The summed E-state index contributed by atoms with van der Waals surface area (Å²) in [6, 6.07) is 0.280. The van der Waals surface area contributed by atoms with Crippen LogP contribution < -0.4 is 5.32 Å². The van der Waals surface area contributed by atoms with E-state index in [2.05, 4.69) is 5.32 Å². The molecule has 0 aromatic heterocycles. The molecule has 5 nitrogen and oxygen atoms in total. The van der Waals surface area contributed by atoms with Crippen molar-refractivity contribution in [1.29, 1.82) is 0 Å². The normalized spacial score (nSPS) is 17.5. The number of amides is 1. The van der Waals surface area contributed by atoms with Gasteiger partial charge in [0.25, 0.3) is 0 Å². The standard InChI is InChI=1S/C10H20N2O3/c1-2-12(10(14)15-8-7-13)9-3-5-11-6-4-9/h9,11,13H,2-8H2,1H3. The maximum atomic E-state index is 11.6. The number of nitrogens with zero attached hydrogens (tertiary/aromatic N) is 1. The molecule has 0 bridgehead atoms. The molecule has 0 unspecified atom stereocenters. The molecule has 1 aliphatic rings. The van der Waals surface area contributed by atoms with E-state index < -0.39 is 0 Å². The molecule has 88 valence electrons. The van der Waals surface area contributed by atoms with Crippen molar-refractivity contribution >= 4 is 6.09 Å². The fraction of sp³-hybridized carbons (Fsp3) is 0.900. The zero-order valence-corrected chi connectivity index (χ0v) is 9.24. The molecule has 0 saturated carbocycles. The summed E-state index contributed by atoms with van der Waals surface area (Å²) in [7, 11) is 0. The van der Waals surface area contributed by atoms with Gasteiger partial charge in [-0.1, -0.05) is 0 Å². The number of nitrogens with one attached hydrogen (secondary N) is 1. The summed E-state index contributed by atoms with van der Waals surface area (Å²) >= 11 is 0. The number of hydrogen-bond donors (Lipinski definition) is 2. The Bertz CT molecular complexity index is 193. The SMILES string of the molecule is CCN(C(=O)OCCO)C1CCNCC1. The predicted octanol–water partition coefficient (Wildman–Crippen LogP) is 0.189. The van der Waals surface area contributed by atoms with Crippen LogP contribution in [0.1, 0.15) is 19.8 Å². The Balaban J connectivity index is 2.41. The first-order valence-electron chi connectivity index (χ1n) is 5.54.